The van der Waals surface area contributed by atoms with Crippen molar-refractivity contribution >= 4 is 17.4 Å². The number of aliphatic hydroxyl groups is 1. The molecule has 1 aromatic carbocycles. The average Bonchev–Trinajstić information content (AvgIpc) is 2.64. The number of aromatic nitrogens is 1. The molecule has 3 N–H and O–H groups in total. The van der Waals surface area contributed by atoms with Gasteiger partial charge in [0.05, 0.1) is 11.9 Å². The van der Waals surface area contributed by atoms with E-state index in [1.807, 2.05) is 38.1 Å². The molecule has 0 fully saturated rings. The van der Waals surface area contributed by atoms with Gasteiger partial charge in [0.1, 0.15) is 11.6 Å². The fourth-order valence-electron chi connectivity index (χ4n) is 2.42. The Balaban J connectivity index is 1.75. The molecule has 1 heterocycles. The zero-order valence-corrected chi connectivity index (χ0v) is 15.4. The van der Waals surface area contributed by atoms with Crippen molar-refractivity contribution in [2.45, 2.75) is 33.1 Å². The summed E-state index contributed by atoms with van der Waals surface area (Å²) in [5.41, 5.74) is 2.80. The van der Waals surface area contributed by atoms with Crippen molar-refractivity contribution in [2.24, 2.45) is 0 Å². The zero-order valence-electron chi connectivity index (χ0n) is 15.4. The van der Waals surface area contributed by atoms with Crippen LogP contribution in [0.2, 0.25) is 0 Å². The van der Waals surface area contributed by atoms with Crippen molar-refractivity contribution in [1.29, 1.82) is 0 Å². The third kappa shape index (κ3) is 6.37. The van der Waals surface area contributed by atoms with E-state index in [-0.39, 0.29) is 19.1 Å². The van der Waals surface area contributed by atoms with Gasteiger partial charge in [-0.1, -0.05) is 12.1 Å². The molecule has 0 aliphatic rings. The number of nitrogens with one attached hydrogen (secondary N) is 2. The largest absolute Gasteiger partial charge is 0.483 e. The average molecular weight is 357 g/mol. The van der Waals surface area contributed by atoms with Crippen LogP contribution in [-0.4, -0.2) is 35.8 Å². The van der Waals surface area contributed by atoms with E-state index in [9.17, 15) is 4.79 Å². The van der Waals surface area contributed by atoms with Gasteiger partial charge in [0, 0.05) is 13.2 Å². The lowest BCUT2D eigenvalue weighted by atomic mass is 10.1. The molecule has 1 amide bonds. The summed E-state index contributed by atoms with van der Waals surface area (Å²) in [7, 11) is 0. The van der Waals surface area contributed by atoms with Gasteiger partial charge >= 0.3 is 0 Å². The topological polar surface area (TPSA) is 83.5 Å². The summed E-state index contributed by atoms with van der Waals surface area (Å²) < 4.78 is 5.60. The molecular formula is C20H27N3O3. The fraction of sp³-hybridized carbons (Fsp3) is 0.400. The first-order chi connectivity index (χ1) is 12.6. The fourth-order valence-corrected chi connectivity index (χ4v) is 2.42. The molecule has 0 saturated heterocycles. The van der Waals surface area contributed by atoms with Crippen LogP contribution in [-0.2, 0) is 4.79 Å². The first-order valence-electron chi connectivity index (χ1n) is 8.90. The van der Waals surface area contributed by atoms with E-state index in [1.54, 1.807) is 12.3 Å². The van der Waals surface area contributed by atoms with Gasteiger partial charge in [0.15, 0.2) is 6.61 Å². The van der Waals surface area contributed by atoms with Crippen LogP contribution in [0.5, 0.6) is 5.75 Å². The minimum Gasteiger partial charge on any atom is -0.483 e. The van der Waals surface area contributed by atoms with Gasteiger partial charge in [-0.25, -0.2) is 4.98 Å². The Kier molecular flexibility index (Phi) is 7.89. The van der Waals surface area contributed by atoms with Gasteiger partial charge in [-0.2, -0.15) is 0 Å². The number of carbonyl (C=O) groups excluding carboxylic acids is 1. The smallest absolute Gasteiger partial charge is 0.262 e. The molecule has 0 atom stereocenters. The highest BCUT2D eigenvalue weighted by Gasteiger charge is 2.07. The second kappa shape index (κ2) is 10.4. The lowest BCUT2D eigenvalue weighted by molar-refractivity contribution is -0.118. The van der Waals surface area contributed by atoms with Gasteiger partial charge in [0.2, 0.25) is 0 Å². The predicted molar refractivity (Wildman–Crippen MR) is 104 cm³/mol. The molecule has 2 rings (SSSR count). The van der Waals surface area contributed by atoms with E-state index in [0.717, 1.165) is 48.5 Å². The molecule has 26 heavy (non-hydrogen) atoms. The Morgan fingerprint density at radius 1 is 1.15 bits per heavy atom. The van der Waals surface area contributed by atoms with E-state index in [1.165, 1.54) is 0 Å². The van der Waals surface area contributed by atoms with Crippen LogP contribution in [0, 0.1) is 13.8 Å². The molecule has 1 aromatic heterocycles. The Morgan fingerprint density at radius 3 is 2.73 bits per heavy atom. The highest BCUT2D eigenvalue weighted by molar-refractivity contribution is 5.91. The second-order valence-corrected chi connectivity index (χ2v) is 6.18. The Morgan fingerprint density at radius 2 is 2.00 bits per heavy atom. The van der Waals surface area contributed by atoms with Gasteiger partial charge in [-0.3, -0.25) is 4.79 Å². The van der Waals surface area contributed by atoms with Crippen LogP contribution >= 0.6 is 0 Å². The Bertz CT molecular complexity index is 702. The lowest BCUT2D eigenvalue weighted by Gasteiger charge is -2.11. The lowest BCUT2D eigenvalue weighted by Crippen LogP contribution is -2.20. The maximum atomic E-state index is 12.0. The monoisotopic (exact) mass is 357 g/mol. The van der Waals surface area contributed by atoms with E-state index in [2.05, 4.69) is 15.6 Å². The van der Waals surface area contributed by atoms with Crippen LogP contribution in [0.4, 0.5) is 11.5 Å². The molecule has 6 heteroatoms. The number of carbonyl (C=O) groups is 1. The van der Waals surface area contributed by atoms with Crippen molar-refractivity contribution < 1.29 is 14.6 Å². The third-order valence-corrected chi connectivity index (χ3v) is 4.10. The summed E-state index contributed by atoms with van der Waals surface area (Å²) in [6, 6.07) is 9.41. The summed E-state index contributed by atoms with van der Waals surface area (Å²) in [4.78, 5) is 16.3. The van der Waals surface area contributed by atoms with Gasteiger partial charge in [-0.15, -0.1) is 0 Å². The molecule has 140 valence electrons. The van der Waals surface area contributed by atoms with Crippen molar-refractivity contribution in [3.05, 3.63) is 47.7 Å². The number of unbranched alkanes of at least 4 members (excludes halogenated alkanes) is 2. The summed E-state index contributed by atoms with van der Waals surface area (Å²) in [5.74, 6) is 1.26. The van der Waals surface area contributed by atoms with Gasteiger partial charge in [-0.05, 0) is 62.4 Å². The highest BCUT2D eigenvalue weighted by Crippen LogP contribution is 2.20. The van der Waals surface area contributed by atoms with Crippen molar-refractivity contribution in [2.75, 3.05) is 30.4 Å². The van der Waals surface area contributed by atoms with Gasteiger partial charge < -0.3 is 20.5 Å². The third-order valence-electron chi connectivity index (χ3n) is 4.10. The first kappa shape index (κ1) is 19.7. The molecule has 0 unspecified atom stereocenters. The molecule has 0 bridgehead atoms. The van der Waals surface area contributed by atoms with Gasteiger partial charge in [0.25, 0.3) is 5.91 Å². The first-order valence-corrected chi connectivity index (χ1v) is 8.90. The summed E-state index contributed by atoms with van der Waals surface area (Å²) in [6.45, 7) is 4.98. The van der Waals surface area contributed by atoms with Crippen LogP contribution < -0.4 is 15.4 Å². The van der Waals surface area contributed by atoms with Crippen molar-refractivity contribution in [3.63, 3.8) is 0 Å². The number of aryl methyl sites for hydroxylation is 1. The van der Waals surface area contributed by atoms with Crippen LogP contribution in [0.3, 0.4) is 0 Å². The summed E-state index contributed by atoms with van der Waals surface area (Å²) >= 11 is 0. The van der Waals surface area contributed by atoms with E-state index in [4.69, 9.17) is 9.84 Å². The normalized spacial score (nSPS) is 10.4. The van der Waals surface area contributed by atoms with Crippen molar-refractivity contribution in [3.8, 4) is 5.75 Å². The van der Waals surface area contributed by atoms with E-state index in [0.29, 0.717) is 5.69 Å². The number of anilines is 2. The van der Waals surface area contributed by atoms with E-state index < -0.39 is 0 Å². The summed E-state index contributed by atoms with van der Waals surface area (Å²) in [6.07, 6.45) is 4.41. The number of ether oxygens (including phenoxy) is 1. The number of benzene rings is 1. The molecular weight excluding hydrogens is 330 g/mol. The minimum atomic E-state index is -0.225. The number of aliphatic hydroxyl groups excluding tert-OH is 1. The molecule has 0 aliphatic carbocycles. The van der Waals surface area contributed by atoms with Crippen LogP contribution in [0.15, 0.2) is 36.5 Å². The second-order valence-electron chi connectivity index (χ2n) is 6.18. The zero-order chi connectivity index (χ0) is 18.8. The maximum Gasteiger partial charge on any atom is 0.262 e. The number of rotatable bonds is 10. The molecule has 2 aromatic rings. The minimum absolute atomic E-state index is 0.0465. The Labute approximate surface area is 154 Å². The number of pyridine rings is 1. The number of hydrogen-bond donors (Lipinski definition) is 3. The SMILES string of the molecule is Cc1cccc(OCC(=O)Nc2ccc(NCCCCCO)nc2)c1C. The molecule has 6 nitrogen and oxygen atoms in total. The maximum absolute atomic E-state index is 12.0. The number of amides is 1. The Hall–Kier alpha value is -2.60. The highest BCUT2D eigenvalue weighted by atomic mass is 16.5. The molecule has 0 spiro atoms. The van der Waals surface area contributed by atoms with Crippen molar-refractivity contribution in [1.82, 2.24) is 4.98 Å². The van der Waals surface area contributed by atoms with Crippen LogP contribution in [0.1, 0.15) is 30.4 Å². The summed E-state index contributed by atoms with van der Waals surface area (Å²) in [5, 5.41) is 14.7. The predicted octanol–water partition coefficient (Wildman–Crippen LogP) is 3.29. The number of hydrogen-bond acceptors (Lipinski definition) is 5. The molecule has 0 aliphatic heterocycles. The molecule has 0 saturated carbocycles. The number of nitrogens with zero attached hydrogens (tertiary/aromatic N) is 1. The van der Waals surface area contributed by atoms with E-state index >= 15 is 0 Å². The van der Waals surface area contributed by atoms with Crippen LogP contribution in [0.25, 0.3) is 0 Å². The molecule has 0 radical (unpaired) electrons. The standard InChI is InChI=1S/C20H27N3O3/c1-15-7-6-8-18(16(15)2)26-14-20(25)23-17-9-10-19(22-13-17)21-11-4-3-5-12-24/h6-10,13,24H,3-5,11-12,14H2,1-2H3,(H,21,22)(H,23,25). The quantitative estimate of drug-likeness (QED) is 0.568.